The molecule has 8 heteroatoms. The molecule has 35 heavy (non-hydrogen) atoms. The molecule has 2 N–H and O–H groups in total. The quantitative estimate of drug-likeness (QED) is 0.494. The summed E-state index contributed by atoms with van der Waals surface area (Å²) in [5.74, 6) is -1.27. The molecule has 0 saturated carbocycles. The summed E-state index contributed by atoms with van der Waals surface area (Å²) in [6.07, 6.45) is 0. The maximum Gasteiger partial charge on any atom is 0.261 e. The zero-order valence-corrected chi connectivity index (χ0v) is 19.6. The molecule has 0 atom stereocenters. The van der Waals surface area contributed by atoms with Crippen LogP contribution in [-0.2, 0) is 17.9 Å². The molecular weight excluding hydrogens is 444 g/mol. The number of likely N-dealkylation sites (N-methyl/N-ethyl adjacent to an activating group) is 1. The van der Waals surface area contributed by atoms with Crippen molar-refractivity contribution in [3.63, 3.8) is 0 Å². The Morgan fingerprint density at radius 1 is 0.829 bits per heavy atom. The lowest BCUT2D eigenvalue weighted by molar-refractivity contribution is -0.116. The van der Waals surface area contributed by atoms with E-state index < -0.39 is 5.91 Å². The van der Waals surface area contributed by atoms with Gasteiger partial charge in [0.05, 0.1) is 24.2 Å². The highest BCUT2D eigenvalue weighted by Crippen LogP contribution is 2.25. The van der Waals surface area contributed by atoms with Gasteiger partial charge >= 0.3 is 0 Å². The predicted octanol–water partition coefficient (Wildman–Crippen LogP) is 2.91. The number of anilines is 1. The molecule has 0 spiro atoms. The van der Waals surface area contributed by atoms with Crippen molar-refractivity contribution in [3.8, 4) is 0 Å². The zero-order chi connectivity index (χ0) is 24.9. The van der Waals surface area contributed by atoms with Crippen molar-refractivity contribution < 1.29 is 19.2 Å². The minimum Gasteiger partial charge on any atom is -0.348 e. The molecule has 0 aliphatic carbocycles. The average Bonchev–Trinajstić information content (AvgIpc) is 3.07. The highest BCUT2D eigenvalue weighted by Gasteiger charge is 2.36. The van der Waals surface area contributed by atoms with Gasteiger partial charge in [0.25, 0.3) is 17.7 Å². The number of benzene rings is 3. The summed E-state index contributed by atoms with van der Waals surface area (Å²) in [5, 5.41) is 5.65. The van der Waals surface area contributed by atoms with E-state index in [9.17, 15) is 19.2 Å². The first-order valence-corrected chi connectivity index (χ1v) is 11.2. The van der Waals surface area contributed by atoms with Gasteiger partial charge in [0, 0.05) is 17.8 Å². The molecule has 1 heterocycles. The molecule has 0 bridgehead atoms. The van der Waals surface area contributed by atoms with Crippen LogP contribution in [0.3, 0.4) is 0 Å². The van der Waals surface area contributed by atoms with Crippen molar-refractivity contribution in [2.45, 2.75) is 13.1 Å². The van der Waals surface area contributed by atoms with Gasteiger partial charge in [-0.05, 0) is 55.6 Å². The van der Waals surface area contributed by atoms with Gasteiger partial charge < -0.3 is 15.5 Å². The van der Waals surface area contributed by atoms with E-state index in [0.29, 0.717) is 16.8 Å². The van der Waals surface area contributed by atoms with Crippen molar-refractivity contribution in [1.82, 2.24) is 15.1 Å². The largest absolute Gasteiger partial charge is 0.348 e. The number of nitrogens with zero attached hydrogens (tertiary/aromatic N) is 2. The SMILES string of the molecule is CN(C)CC(=O)Nc1cccc(CNC(=O)c2ccc3c(c2)C(=O)N(Cc2ccccc2)C3=O)c1. The molecule has 1 aliphatic rings. The zero-order valence-electron chi connectivity index (χ0n) is 19.6. The molecule has 4 amide bonds. The van der Waals surface area contributed by atoms with Crippen LogP contribution in [0.15, 0.2) is 72.8 Å². The van der Waals surface area contributed by atoms with E-state index in [4.69, 9.17) is 0 Å². The lowest BCUT2D eigenvalue weighted by Crippen LogP contribution is -2.29. The molecule has 3 aromatic rings. The number of carbonyl (C=O) groups is 4. The Bertz CT molecular complexity index is 1290. The number of fused-ring (bicyclic) bond motifs is 1. The summed E-state index contributed by atoms with van der Waals surface area (Å²) in [5.41, 5.74) is 3.11. The van der Waals surface area contributed by atoms with Gasteiger partial charge in [0.1, 0.15) is 0 Å². The van der Waals surface area contributed by atoms with Gasteiger partial charge in [-0.1, -0.05) is 42.5 Å². The molecule has 178 valence electrons. The van der Waals surface area contributed by atoms with Gasteiger partial charge in [0.15, 0.2) is 0 Å². The Morgan fingerprint density at radius 2 is 1.54 bits per heavy atom. The number of nitrogens with one attached hydrogen (secondary N) is 2. The molecule has 0 saturated heterocycles. The Kier molecular flexibility index (Phi) is 7.03. The maximum absolute atomic E-state index is 12.9. The Labute approximate surface area is 203 Å². The van der Waals surface area contributed by atoms with Crippen molar-refractivity contribution >= 4 is 29.3 Å². The second-order valence-corrected chi connectivity index (χ2v) is 8.61. The van der Waals surface area contributed by atoms with Crippen molar-refractivity contribution in [3.05, 3.63) is 101 Å². The van der Waals surface area contributed by atoms with Crippen LogP contribution in [0.1, 0.15) is 42.2 Å². The van der Waals surface area contributed by atoms with Crippen molar-refractivity contribution in [2.75, 3.05) is 26.0 Å². The molecule has 0 radical (unpaired) electrons. The smallest absolute Gasteiger partial charge is 0.261 e. The Hall–Kier alpha value is -4.30. The van der Waals surface area contributed by atoms with E-state index in [1.165, 1.54) is 17.0 Å². The molecular formula is C27H26N4O4. The van der Waals surface area contributed by atoms with Crippen molar-refractivity contribution in [2.24, 2.45) is 0 Å². The second-order valence-electron chi connectivity index (χ2n) is 8.61. The highest BCUT2D eigenvalue weighted by molar-refractivity contribution is 6.22. The van der Waals surface area contributed by atoms with Gasteiger partial charge in [0.2, 0.25) is 5.91 Å². The van der Waals surface area contributed by atoms with Crippen LogP contribution in [0, 0.1) is 0 Å². The monoisotopic (exact) mass is 470 g/mol. The number of hydrogen-bond acceptors (Lipinski definition) is 5. The van der Waals surface area contributed by atoms with E-state index in [2.05, 4.69) is 10.6 Å². The Morgan fingerprint density at radius 3 is 2.29 bits per heavy atom. The highest BCUT2D eigenvalue weighted by atomic mass is 16.2. The number of hydrogen-bond donors (Lipinski definition) is 2. The Balaban J connectivity index is 1.41. The maximum atomic E-state index is 12.9. The predicted molar refractivity (Wildman–Crippen MR) is 132 cm³/mol. The normalized spacial score (nSPS) is 12.6. The van der Waals surface area contributed by atoms with Crippen LogP contribution in [0.25, 0.3) is 0 Å². The number of imide groups is 1. The second kappa shape index (κ2) is 10.3. The van der Waals surface area contributed by atoms with Crippen LogP contribution in [0.2, 0.25) is 0 Å². The number of carbonyl (C=O) groups excluding carboxylic acids is 4. The molecule has 1 aliphatic heterocycles. The average molecular weight is 471 g/mol. The van der Waals surface area contributed by atoms with E-state index in [1.807, 2.05) is 50.5 Å². The number of amides is 4. The third-order valence-electron chi connectivity index (χ3n) is 5.54. The fourth-order valence-corrected chi connectivity index (χ4v) is 3.87. The van der Waals surface area contributed by atoms with E-state index in [1.54, 1.807) is 29.2 Å². The summed E-state index contributed by atoms with van der Waals surface area (Å²) < 4.78 is 0. The van der Waals surface area contributed by atoms with Crippen LogP contribution < -0.4 is 10.6 Å². The first-order valence-electron chi connectivity index (χ1n) is 11.2. The fourth-order valence-electron chi connectivity index (χ4n) is 3.87. The topological polar surface area (TPSA) is 98.8 Å². The summed E-state index contributed by atoms with van der Waals surface area (Å²) >= 11 is 0. The van der Waals surface area contributed by atoms with Crippen molar-refractivity contribution in [1.29, 1.82) is 0 Å². The molecule has 0 unspecified atom stereocenters. The third-order valence-corrected chi connectivity index (χ3v) is 5.54. The van der Waals surface area contributed by atoms with E-state index >= 15 is 0 Å². The first-order chi connectivity index (χ1) is 16.8. The molecule has 0 aromatic heterocycles. The van der Waals surface area contributed by atoms with E-state index in [-0.39, 0.29) is 42.9 Å². The van der Waals surface area contributed by atoms with Gasteiger partial charge in [-0.25, -0.2) is 0 Å². The molecule has 0 fully saturated rings. The minimum atomic E-state index is -0.412. The van der Waals surface area contributed by atoms with E-state index in [0.717, 1.165) is 11.1 Å². The van der Waals surface area contributed by atoms with Gasteiger partial charge in [-0.15, -0.1) is 0 Å². The molecule has 3 aromatic carbocycles. The third kappa shape index (κ3) is 5.62. The first kappa shape index (κ1) is 23.8. The number of rotatable bonds is 8. The lowest BCUT2D eigenvalue weighted by atomic mass is 10.1. The van der Waals surface area contributed by atoms with Gasteiger partial charge in [-0.3, -0.25) is 24.1 Å². The standard InChI is InChI=1S/C27H26N4O4/c1-30(2)17-24(32)29-21-10-6-9-19(13-21)15-28-25(33)20-11-12-22-23(14-20)27(35)31(26(22)34)16-18-7-4-3-5-8-18/h3-14H,15-17H2,1-2H3,(H,28,33)(H,29,32). The lowest BCUT2D eigenvalue weighted by Gasteiger charge is -2.13. The summed E-state index contributed by atoms with van der Waals surface area (Å²) in [6.45, 7) is 0.680. The molecule has 4 rings (SSSR count). The van der Waals surface area contributed by atoms with Crippen LogP contribution in [-0.4, -0.2) is 54.1 Å². The fraction of sp³-hybridized carbons (Fsp3) is 0.185. The van der Waals surface area contributed by atoms with Crippen LogP contribution >= 0.6 is 0 Å². The minimum absolute atomic E-state index is 0.130. The van der Waals surface area contributed by atoms with Crippen LogP contribution in [0.5, 0.6) is 0 Å². The van der Waals surface area contributed by atoms with Crippen LogP contribution in [0.4, 0.5) is 5.69 Å². The summed E-state index contributed by atoms with van der Waals surface area (Å²) in [6, 6.07) is 21.0. The summed E-state index contributed by atoms with van der Waals surface area (Å²) in [4.78, 5) is 53.3. The molecule has 8 nitrogen and oxygen atoms in total. The summed E-state index contributed by atoms with van der Waals surface area (Å²) in [7, 11) is 3.63. The van der Waals surface area contributed by atoms with Gasteiger partial charge in [-0.2, -0.15) is 0 Å².